The number of sulfonamides is 1. The van der Waals surface area contributed by atoms with Crippen LogP contribution in [0.4, 0.5) is 0 Å². The Morgan fingerprint density at radius 3 is 2.69 bits per heavy atom. The van der Waals surface area contributed by atoms with E-state index in [9.17, 15) is 23.1 Å². The maximum Gasteiger partial charge on any atom is 0.241 e. The fraction of sp³-hybridized carbons (Fsp3) is 0.524. The molecule has 2 unspecified atom stereocenters. The standard InChI is InChI=1S/C21H33N5O5S/c1-16(22)23-11-5-9-18(14-27)24-20(28)13-26-12-6-10-19(21(26)29)25-32(30,31)15-17-7-3-2-4-8-17/h2-4,7-8,18-19,23,25,27H,1,5-6,9-15,22H2,(H,24,28). The average Bonchev–Trinajstić information content (AvgIpc) is 2.73. The number of rotatable bonds is 13. The number of hydrogen-bond acceptors (Lipinski definition) is 7. The van der Waals surface area contributed by atoms with Crippen molar-refractivity contribution in [3.05, 3.63) is 48.3 Å². The van der Waals surface area contributed by atoms with E-state index in [0.29, 0.717) is 50.2 Å². The number of piperidine rings is 1. The van der Waals surface area contributed by atoms with Gasteiger partial charge in [0.1, 0.15) is 6.04 Å². The summed E-state index contributed by atoms with van der Waals surface area (Å²) in [6.07, 6.45) is 2.15. The number of aliphatic hydroxyl groups is 1. The first-order valence-corrected chi connectivity index (χ1v) is 12.3. The summed E-state index contributed by atoms with van der Waals surface area (Å²) in [5.74, 6) is -0.689. The summed E-state index contributed by atoms with van der Waals surface area (Å²) >= 11 is 0. The zero-order valence-corrected chi connectivity index (χ0v) is 18.9. The van der Waals surface area contributed by atoms with Crippen LogP contribution in [0, 0.1) is 0 Å². The summed E-state index contributed by atoms with van der Waals surface area (Å²) in [6.45, 7) is 4.04. The number of benzene rings is 1. The van der Waals surface area contributed by atoms with Crippen LogP contribution in [-0.2, 0) is 25.4 Å². The number of carbonyl (C=O) groups excluding carboxylic acids is 2. The van der Waals surface area contributed by atoms with E-state index in [1.807, 2.05) is 0 Å². The highest BCUT2D eigenvalue weighted by atomic mass is 32.2. The quantitative estimate of drug-likeness (QED) is 0.242. The molecule has 0 radical (unpaired) electrons. The van der Waals surface area contributed by atoms with E-state index < -0.39 is 33.9 Å². The van der Waals surface area contributed by atoms with Gasteiger partial charge in [-0.3, -0.25) is 9.59 Å². The SMILES string of the molecule is C=C(N)NCCCC(CO)NC(=O)CN1CCCC(NS(=O)(=O)Cc2ccccc2)C1=O. The molecule has 1 fully saturated rings. The Hall–Kier alpha value is -2.63. The first-order chi connectivity index (χ1) is 15.2. The summed E-state index contributed by atoms with van der Waals surface area (Å²) in [5, 5.41) is 15.1. The molecule has 2 amide bonds. The van der Waals surface area contributed by atoms with E-state index in [0.717, 1.165) is 0 Å². The Morgan fingerprint density at radius 2 is 2.03 bits per heavy atom. The minimum atomic E-state index is -3.71. The van der Waals surface area contributed by atoms with Gasteiger partial charge in [-0.25, -0.2) is 13.1 Å². The van der Waals surface area contributed by atoms with Crippen molar-refractivity contribution < 1.29 is 23.1 Å². The molecule has 178 valence electrons. The van der Waals surface area contributed by atoms with Crippen molar-refractivity contribution in [2.45, 2.75) is 43.5 Å². The number of aliphatic hydroxyl groups excluding tert-OH is 1. The van der Waals surface area contributed by atoms with Crippen LogP contribution in [0.2, 0.25) is 0 Å². The number of nitrogens with two attached hydrogens (primary N) is 1. The summed E-state index contributed by atoms with van der Waals surface area (Å²) < 4.78 is 27.5. The highest BCUT2D eigenvalue weighted by Gasteiger charge is 2.33. The van der Waals surface area contributed by atoms with Crippen LogP contribution in [0.25, 0.3) is 0 Å². The smallest absolute Gasteiger partial charge is 0.241 e. The highest BCUT2D eigenvalue weighted by Crippen LogP contribution is 2.14. The number of amides is 2. The van der Waals surface area contributed by atoms with Crippen molar-refractivity contribution in [2.24, 2.45) is 5.73 Å². The number of likely N-dealkylation sites (tertiary alicyclic amines) is 1. The number of carbonyl (C=O) groups is 2. The van der Waals surface area contributed by atoms with Crippen LogP contribution in [0.3, 0.4) is 0 Å². The lowest BCUT2D eigenvalue weighted by Gasteiger charge is -2.32. The van der Waals surface area contributed by atoms with E-state index in [4.69, 9.17) is 5.73 Å². The Balaban J connectivity index is 1.85. The molecule has 1 aliphatic rings. The van der Waals surface area contributed by atoms with Crippen molar-refractivity contribution >= 4 is 21.8 Å². The fourth-order valence-electron chi connectivity index (χ4n) is 3.51. The second kappa shape index (κ2) is 12.4. The molecule has 1 saturated heterocycles. The molecule has 2 atom stereocenters. The fourth-order valence-corrected chi connectivity index (χ4v) is 4.88. The van der Waals surface area contributed by atoms with Crippen molar-refractivity contribution in [2.75, 3.05) is 26.2 Å². The van der Waals surface area contributed by atoms with Crippen LogP contribution in [0.1, 0.15) is 31.2 Å². The lowest BCUT2D eigenvalue weighted by Crippen LogP contribution is -2.55. The summed E-state index contributed by atoms with van der Waals surface area (Å²) in [5.41, 5.74) is 6.05. The molecular formula is C21H33N5O5S. The van der Waals surface area contributed by atoms with Gasteiger partial charge in [-0.15, -0.1) is 0 Å². The molecule has 0 spiro atoms. The van der Waals surface area contributed by atoms with Gasteiger partial charge in [0.05, 0.1) is 30.8 Å². The molecule has 11 heteroatoms. The Bertz CT molecular complexity index is 878. The van der Waals surface area contributed by atoms with Gasteiger partial charge in [-0.2, -0.15) is 0 Å². The summed E-state index contributed by atoms with van der Waals surface area (Å²) in [7, 11) is -3.71. The third-order valence-electron chi connectivity index (χ3n) is 5.05. The minimum absolute atomic E-state index is 0.190. The van der Waals surface area contributed by atoms with Crippen LogP contribution in [-0.4, -0.2) is 68.6 Å². The predicted octanol–water partition coefficient (Wildman–Crippen LogP) is -0.626. The monoisotopic (exact) mass is 467 g/mol. The maximum atomic E-state index is 12.8. The van der Waals surface area contributed by atoms with E-state index in [-0.39, 0.29) is 18.9 Å². The largest absolute Gasteiger partial charge is 0.394 e. The van der Waals surface area contributed by atoms with Crippen LogP contribution < -0.4 is 21.1 Å². The second-order valence-electron chi connectivity index (χ2n) is 7.86. The van der Waals surface area contributed by atoms with Gasteiger partial charge in [0, 0.05) is 13.1 Å². The molecule has 1 aromatic rings. The lowest BCUT2D eigenvalue weighted by atomic mass is 10.1. The molecule has 32 heavy (non-hydrogen) atoms. The highest BCUT2D eigenvalue weighted by molar-refractivity contribution is 7.88. The Kier molecular flexibility index (Phi) is 9.95. The molecule has 10 nitrogen and oxygen atoms in total. The van der Waals surface area contributed by atoms with Crippen molar-refractivity contribution in [3.8, 4) is 0 Å². The zero-order chi connectivity index (χ0) is 23.6. The number of nitrogens with one attached hydrogen (secondary N) is 3. The van der Waals surface area contributed by atoms with E-state index >= 15 is 0 Å². The van der Waals surface area contributed by atoms with Crippen LogP contribution in [0.5, 0.6) is 0 Å². The van der Waals surface area contributed by atoms with Gasteiger partial charge < -0.3 is 26.4 Å². The van der Waals surface area contributed by atoms with Gasteiger partial charge >= 0.3 is 0 Å². The van der Waals surface area contributed by atoms with Crippen LogP contribution in [0.15, 0.2) is 42.7 Å². The molecule has 0 aliphatic carbocycles. The first-order valence-electron chi connectivity index (χ1n) is 10.6. The third kappa shape index (κ3) is 8.85. The normalized spacial score (nSPS) is 17.6. The van der Waals surface area contributed by atoms with Crippen molar-refractivity contribution in [1.29, 1.82) is 0 Å². The van der Waals surface area contributed by atoms with Gasteiger partial charge in [-0.05, 0) is 31.2 Å². The second-order valence-corrected chi connectivity index (χ2v) is 9.61. The lowest BCUT2D eigenvalue weighted by molar-refractivity contribution is -0.139. The predicted molar refractivity (Wildman–Crippen MR) is 121 cm³/mol. The Morgan fingerprint density at radius 1 is 1.31 bits per heavy atom. The topological polar surface area (TPSA) is 154 Å². The first kappa shape index (κ1) is 25.6. The molecule has 2 rings (SSSR count). The van der Waals surface area contributed by atoms with Crippen LogP contribution >= 0.6 is 0 Å². The summed E-state index contributed by atoms with van der Waals surface area (Å²) in [6, 6.07) is 7.37. The molecule has 1 heterocycles. The molecule has 0 bridgehead atoms. The maximum absolute atomic E-state index is 12.8. The molecule has 1 aromatic carbocycles. The Labute approximate surface area is 189 Å². The molecule has 1 aliphatic heterocycles. The summed E-state index contributed by atoms with van der Waals surface area (Å²) in [4.78, 5) is 26.5. The number of nitrogens with zero attached hydrogens (tertiary/aromatic N) is 1. The molecular weight excluding hydrogens is 434 g/mol. The van der Waals surface area contributed by atoms with Gasteiger partial charge in [0.25, 0.3) is 0 Å². The van der Waals surface area contributed by atoms with E-state index in [1.165, 1.54) is 4.90 Å². The minimum Gasteiger partial charge on any atom is -0.394 e. The molecule has 6 N–H and O–H groups in total. The van der Waals surface area contributed by atoms with E-state index in [2.05, 4.69) is 21.9 Å². The molecule has 0 aromatic heterocycles. The zero-order valence-electron chi connectivity index (χ0n) is 18.1. The average molecular weight is 468 g/mol. The van der Waals surface area contributed by atoms with Gasteiger partial charge in [-0.1, -0.05) is 36.9 Å². The van der Waals surface area contributed by atoms with Gasteiger partial charge in [0.2, 0.25) is 21.8 Å². The third-order valence-corrected chi connectivity index (χ3v) is 6.41. The van der Waals surface area contributed by atoms with Crippen molar-refractivity contribution in [1.82, 2.24) is 20.3 Å². The van der Waals surface area contributed by atoms with Crippen molar-refractivity contribution in [3.63, 3.8) is 0 Å². The van der Waals surface area contributed by atoms with Gasteiger partial charge in [0.15, 0.2) is 0 Å². The molecule has 0 saturated carbocycles. The number of hydrogen-bond donors (Lipinski definition) is 5. The van der Waals surface area contributed by atoms with E-state index in [1.54, 1.807) is 30.3 Å².